The maximum Gasteiger partial charge on any atom is 0.573 e. The first-order valence-electron chi connectivity index (χ1n) is 14.0. The number of hydrogen-bond acceptors (Lipinski definition) is 6. The number of hydrogen-bond donors (Lipinski definition) is 0. The zero-order chi connectivity index (χ0) is 29.6. The van der Waals surface area contributed by atoms with Crippen LogP contribution in [0.3, 0.4) is 0 Å². The Balaban J connectivity index is 1.34. The summed E-state index contributed by atoms with van der Waals surface area (Å²) in [5, 5.41) is 0.559. The van der Waals surface area contributed by atoms with Crippen LogP contribution in [0.5, 0.6) is 5.75 Å². The van der Waals surface area contributed by atoms with Crippen LogP contribution in [0.1, 0.15) is 40.1 Å². The number of sulfone groups is 1. The maximum atomic E-state index is 13.7. The van der Waals surface area contributed by atoms with E-state index in [1.54, 1.807) is 30.3 Å². The molecule has 2 amide bonds. The Labute approximate surface area is 241 Å². The first kappa shape index (κ1) is 28.5. The summed E-state index contributed by atoms with van der Waals surface area (Å²) in [6.07, 6.45) is -1.22. The van der Waals surface area contributed by atoms with Crippen LogP contribution >= 0.6 is 0 Å². The molecule has 2 aliphatic heterocycles. The fourth-order valence-electron chi connectivity index (χ4n) is 5.91. The van der Waals surface area contributed by atoms with Crippen molar-refractivity contribution in [1.82, 2.24) is 19.3 Å². The lowest BCUT2D eigenvalue weighted by Gasteiger charge is -2.42. The highest BCUT2D eigenvalue weighted by Gasteiger charge is 2.33. The molecule has 1 aromatic heterocycles. The minimum Gasteiger partial charge on any atom is -0.406 e. The number of rotatable bonds is 5. The van der Waals surface area contributed by atoms with Gasteiger partial charge in [-0.3, -0.25) is 14.5 Å². The van der Waals surface area contributed by atoms with Gasteiger partial charge in [0.2, 0.25) is 0 Å². The fraction of sp³-hybridized carbons (Fsp3) is 0.448. The number of fused-ring (bicyclic) bond motifs is 1. The molecule has 0 atom stereocenters. The van der Waals surface area contributed by atoms with Crippen molar-refractivity contribution in [2.45, 2.75) is 31.7 Å². The number of nitrogens with zero attached hydrogens (tertiary/aromatic N) is 4. The number of benzene rings is 2. The van der Waals surface area contributed by atoms with Crippen LogP contribution < -0.4 is 4.74 Å². The summed E-state index contributed by atoms with van der Waals surface area (Å²) in [6, 6.07) is 12.6. The second kappa shape index (κ2) is 10.9. The van der Waals surface area contributed by atoms with Gasteiger partial charge >= 0.3 is 6.36 Å². The molecular formula is C29H31F3N4O5S. The van der Waals surface area contributed by atoms with Gasteiger partial charge in [0.15, 0.2) is 9.84 Å². The summed E-state index contributed by atoms with van der Waals surface area (Å²) in [5.74, 6) is -1.35. The van der Waals surface area contributed by atoms with Gasteiger partial charge in [-0.2, -0.15) is 0 Å². The summed E-state index contributed by atoms with van der Waals surface area (Å²) in [7, 11) is -3.24. The number of piperazine rings is 1. The molecule has 1 saturated carbocycles. The van der Waals surface area contributed by atoms with E-state index in [1.165, 1.54) is 46.9 Å². The second-order valence-electron chi connectivity index (χ2n) is 11.0. The lowest BCUT2D eigenvalue weighted by atomic mass is 9.91. The van der Waals surface area contributed by atoms with E-state index in [2.05, 4.69) is 9.64 Å². The average Bonchev–Trinajstić information content (AvgIpc) is 3.30. The first-order valence-corrected chi connectivity index (χ1v) is 15.8. The highest BCUT2D eigenvalue weighted by atomic mass is 32.2. The lowest BCUT2D eigenvalue weighted by molar-refractivity contribution is -0.274. The molecule has 9 nitrogen and oxygen atoms in total. The molecule has 42 heavy (non-hydrogen) atoms. The molecule has 13 heteroatoms. The number of carbonyl (C=O) groups is 2. The van der Waals surface area contributed by atoms with Gasteiger partial charge in [0, 0.05) is 62.3 Å². The standard InChI is InChI=1S/C29H31F3N4O5S/c30-29(31,32)41-24-6-2-5-23(19-24)36-25-8-7-20(27(37)34-11-9-33(10-12-34)22-3-1-4-22)17-21(25)18-26(36)28(38)35-13-15-42(39,40)16-14-35/h2,5-8,17-19,22H,1,3-4,9-16H2. The molecule has 0 unspecified atom stereocenters. The number of alkyl halides is 3. The van der Waals surface area contributed by atoms with E-state index in [4.69, 9.17) is 0 Å². The summed E-state index contributed by atoms with van der Waals surface area (Å²) >= 11 is 0. The Hall–Kier alpha value is -3.58. The van der Waals surface area contributed by atoms with Crippen molar-refractivity contribution < 1.29 is 35.9 Å². The number of carbonyl (C=O) groups excluding carboxylic acids is 2. The van der Waals surface area contributed by atoms with E-state index in [9.17, 15) is 31.2 Å². The highest BCUT2D eigenvalue weighted by molar-refractivity contribution is 7.91. The Morgan fingerprint density at radius 1 is 0.833 bits per heavy atom. The number of ether oxygens (including phenoxy) is 1. The predicted octanol–water partition coefficient (Wildman–Crippen LogP) is 3.71. The van der Waals surface area contributed by atoms with E-state index >= 15 is 0 Å². The average molecular weight is 605 g/mol. The van der Waals surface area contributed by atoms with Crippen LogP contribution in [-0.2, 0) is 9.84 Å². The van der Waals surface area contributed by atoms with Crippen molar-refractivity contribution in [2.75, 3.05) is 50.8 Å². The minimum atomic E-state index is -4.89. The molecule has 0 radical (unpaired) electrons. The molecule has 3 fully saturated rings. The molecule has 224 valence electrons. The van der Waals surface area contributed by atoms with Crippen LogP contribution in [-0.4, -0.2) is 103 Å². The van der Waals surface area contributed by atoms with Gasteiger partial charge in [0.25, 0.3) is 11.8 Å². The van der Waals surface area contributed by atoms with Gasteiger partial charge in [-0.1, -0.05) is 12.5 Å². The molecule has 3 aromatic rings. The van der Waals surface area contributed by atoms with Crippen molar-refractivity contribution in [1.29, 1.82) is 0 Å². The smallest absolute Gasteiger partial charge is 0.406 e. The maximum absolute atomic E-state index is 13.7. The van der Waals surface area contributed by atoms with Crippen LogP contribution in [0.15, 0.2) is 48.5 Å². The van der Waals surface area contributed by atoms with Gasteiger partial charge in [-0.25, -0.2) is 8.42 Å². The van der Waals surface area contributed by atoms with E-state index in [0.29, 0.717) is 35.6 Å². The van der Waals surface area contributed by atoms with E-state index in [1.807, 2.05) is 4.90 Å². The normalized spacial score (nSPS) is 20.0. The monoisotopic (exact) mass is 604 g/mol. The van der Waals surface area contributed by atoms with E-state index in [0.717, 1.165) is 13.1 Å². The predicted molar refractivity (Wildman–Crippen MR) is 150 cm³/mol. The van der Waals surface area contributed by atoms with Crippen molar-refractivity contribution in [2.24, 2.45) is 0 Å². The fourth-order valence-corrected chi connectivity index (χ4v) is 7.11. The SMILES string of the molecule is O=C(c1ccc2c(c1)cc(C(=O)N1CCS(=O)(=O)CC1)n2-c1cccc(OC(F)(F)F)c1)N1CCN(C2CCC2)CC1. The van der Waals surface area contributed by atoms with Gasteiger partial charge in [-0.15, -0.1) is 13.2 Å². The van der Waals surface area contributed by atoms with Crippen molar-refractivity contribution in [3.63, 3.8) is 0 Å². The van der Waals surface area contributed by atoms with E-state index < -0.39 is 27.9 Å². The summed E-state index contributed by atoms with van der Waals surface area (Å²) in [6.45, 7) is 2.93. The Morgan fingerprint density at radius 3 is 2.17 bits per heavy atom. The molecule has 0 N–H and O–H groups in total. The number of aromatic nitrogens is 1. The molecule has 0 spiro atoms. The van der Waals surface area contributed by atoms with Gasteiger partial charge in [-0.05, 0) is 49.2 Å². The zero-order valence-electron chi connectivity index (χ0n) is 22.8. The van der Waals surface area contributed by atoms with Gasteiger partial charge < -0.3 is 19.1 Å². The summed E-state index contributed by atoms with van der Waals surface area (Å²) < 4.78 is 68.4. The van der Waals surface area contributed by atoms with Gasteiger partial charge in [0.05, 0.1) is 22.7 Å². The first-order chi connectivity index (χ1) is 20.0. The summed E-state index contributed by atoms with van der Waals surface area (Å²) in [4.78, 5) is 32.8. The van der Waals surface area contributed by atoms with Crippen molar-refractivity contribution >= 4 is 32.6 Å². The van der Waals surface area contributed by atoms with Gasteiger partial charge in [0.1, 0.15) is 11.4 Å². The van der Waals surface area contributed by atoms with Crippen LogP contribution in [0, 0.1) is 0 Å². The largest absolute Gasteiger partial charge is 0.573 e. The van der Waals surface area contributed by atoms with Crippen LogP contribution in [0.2, 0.25) is 0 Å². The second-order valence-corrected chi connectivity index (χ2v) is 13.3. The van der Waals surface area contributed by atoms with Crippen molar-refractivity contribution in [3.8, 4) is 11.4 Å². The Kier molecular flexibility index (Phi) is 7.42. The summed E-state index contributed by atoms with van der Waals surface area (Å²) in [5.41, 5.74) is 1.37. The zero-order valence-corrected chi connectivity index (χ0v) is 23.7. The highest BCUT2D eigenvalue weighted by Crippen LogP contribution is 2.31. The van der Waals surface area contributed by atoms with Crippen molar-refractivity contribution in [3.05, 3.63) is 59.8 Å². The minimum absolute atomic E-state index is 0.0104. The molecule has 3 heterocycles. The molecule has 6 rings (SSSR count). The Bertz CT molecular complexity index is 1610. The number of halogens is 3. The quantitative estimate of drug-likeness (QED) is 0.441. The third-order valence-electron chi connectivity index (χ3n) is 8.40. The number of amides is 2. The molecule has 2 saturated heterocycles. The molecule has 0 bridgehead atoms. The van der Waals surface area contributed by atoms with Crippen LogP contribution in [0.25, 0.3) is 16.6 Å². The lowest BCUT2D eigenvalue weighted by Crippen LogP contribution is -2.53. The molecule has 1 aliphatic carbocycles. The molecule has 2 aromatic carbocycles. The third kappa shape index (κ3) is 5.84. The Morgan fingerprint density at radius 2 is 1.52 bits per heavy atom. The third-order valence-corrected chi connectivity index (χ3v) is 10.0. The van der Waals surface area contributed by atoms with Crippen LogP contribution in [0.4, 0.5) is 13.2 Å². The molecule has 3 aliphatic rings. The topological polar surface area (TPSA) is 92.2 Å². The molecular weight excluding hydrogens is 573 g/mol. The van der Waals surface area contributed by atoms with E-state index in [-0.39, 0.29) is 41.9 Å².